The zero-order chi connectivity index (χ0) is 16.0. The fourth-order valence-corrected chi connectivity index (χ4v) is 1.67. The summed E-state index contributed by atoms with van der Waals surface area (Å²) >= 11 is 0.110. The van der Waals surface area contributed by atoms with Crippen molar-refractivity contribution in [3.8, 4) is 0 Å². The Kier molecular flexibility index (Phi) is 5.99. The van der Waals surface area contributed by atoms with Gasteiger partial charge < -0.3 is 14.8 Å². The molecule has 1 aromatic heterocycles. The van der Waals surface area contributed by atoms with Crippen molar-refractivity contribution in [1.29, 1.82) is 0 Å². The summed E-state index contributed by atoms with van der Waals surface area (Å²) < 4.78 is 46.4. The minimum Gasteiger partial charge on any atom is -0.354 e. The van der Waals surface area contributed by atoms with Crippen LogP contribution in [-0.4, -0.2) is 49.1 Å². The number of amides is 2. The van der Waals surface area contributed by atoms with Crippen LogP contribution >= 0.6 is 11.3 Å². The monoisotopic (exact) mass is 328 g/mol. The number of halogens is 3. The highest BCUT2D eigenvalue weighted by molar-refractivity contribution is 7.15. The summed E-state index contributed by atoms with van der Waals surface area (Å²) in [6, 6.07) is 0. The van der Waals surface area contributed by atoms with Gasteiger partial charge in [0, 0.05) is 14.2 Å². The molecule has 0 saturated heterocycles. The molecule has 0 unspecified atom stereocenters. The molecular weight excluding hydrogens is 317 g/mol. The molecule has 0 atom stereocenters. The summed E-state index contributed by atoms with van der Waals surface area (Å²) in [5.41, 5.74) is 0. The molecule has 2 amide bonds. The number of carbonyl (C=O) groups is 2. The Morgan fingerprint density at radius 2 is 1.86 bits per heavy atom. The van der Waals surface area contributed by atoms with Crippen LogP contribution in [0.25, 0.3) is 0 Å². The van der Waals surface area contributed by atoms with Crippen LogP contribution in [0.5, 0.6) is 0 Å². The van der Waals surface area contributed by atoms with Gasteiger partial charge in [-0.25, -0.2) is 0 Å². The SMILES string of the molecule is COC(CNC(=O)C(=O)Nc1nnc(C(F)(F)F)s1)OC. The maximum Gasteiger partial charge on any atom is 0.445 e. The minimum absolute atomic E-state index is 0.108. The molecule has 0 aliphatic rings. The lowest BCUT2D eigenvalue weighted by molar-refractivity contribution is -0.139. The van der Waals surface area contributed by atoms with E-state index in [-0.39, 0.29) is 17.9 Å². The van der Waals surface area contributed by atoms with Gasteiger partial charge in [-0.05, 0) is 0 Å². The van der Waals surface area contributed by atoms with Crippen molar-refractivity contribution in [2.45, 2.75) is 12.5 Å². The lowest BCUT2D eigenvalue weighted by atomic mass is 10.5. The first-order valence-corrected chi connectivity index (χ1v) is 6.15. The van der Waals surface area contributed by atoms with Crippen LogP contribution in [0.2, 0.25) is 0 Å². The van der Waals surface area contributed by atoms with E-state index in [1.807, 2.05) is 5.32 Å². The topological polar surface area (TPSA) is 102 Å². The van der Waals surface area contributed by atoms with Crippen LogP contribution in [-0.2, 0) is 25.2 Å². The fraction of sp³-hybridized carbons (Fsp3) is 0.556. The highest BCUT2D eigenvalue weighted by atomic mass is 32.1. The first-order chi connectivity index (χ1) is 9.77. The smallest absolute Gasteiger partial charge is 0.354 e. The molecule has 1 aromatic rings. The van der Waals surface area contributed by atoms with Gasteiger partial charge >= 0.3 is 18.0 Å². The van der Waals surface area contributed by atoms with E-state index in [0.29, 0.717) is 0 Å². The van der Waals surface area contributed by atoms with Gasteiger partial charge in [0.05, 0.1) is 6.54 Å². The predicted molar refractivity (Wildman–Crippen MR) is 64.4 cm³/mol. The molecule has 12 heteroatoms. The van der Waals surface area contributed by atoms with Crippen molar-refractivity contribution in [3.63, 3.8) is 0 Å². The molecule has 21 heavy (non-hydrogen) atoms. The number of alkyl halides is 3. The summed E-state index contributed by atoms with van der Waals surface area (Å²) in [6.45, 7) is -0.108. The third kappa shape index (κ3) is 5.24. The van der Waals surface area contributed by atoms with Gasteiger partial charge in [0.25, 0.3) is 0 Å². The van der Waals surface area contributed by atoms with Gasteiger partial charge in [0.15, 0.2) is 6.29 Å². The third-order valence-corrected chi connectivity index (χ3v) is 2.93. The van der Waals surface area contributed by atoms with E-state index < -0.39 is 34.4 Å². The van der Waals surface area contributed by atoms with Crippen LogP contribution in [0.1, 0.15) is 5.01 Å². The van der Waals surface area contributed by atoms with Gasteiger partial charge in [-0.1, -0.05) is 11.3 Å². The van der Waals surface area contributed by atoms with Gasteiger partial charge in [-0.3, -0.25) is 14.9 Å². The number of methoxy groups -OCH3 is 2. The highest BCUT2D eigenvalue weighted by Crippen LogP contribution is 2.32. The Hall–Kier alpha value is -1.79. The summed E-state index contributed by atoms with van der Waals surface area (Å²) in [5, 5.41) is 8.40. The lowest BCUT2D eigenvalue weighted by Gasteiger charge is -2.13. The van der Waals surface area contributed by atoms with Gasteiger partial charge in [-0.15, -0.1) is 10.2 Å². The Morgan fingerprint density at radius 1 is 1.24 bits per heavy atom. The van der Waals surface area contributed by atoms with Crippen LogP contribution < -0.4 is 10.6 Å². The van der Waals surface area contributed by atoms with E-state index in [4.69, 9.17) is 9.47 Å². The number of carbonyl (C=O) groups excluding carboxylic acids is 2. The number of hydrogen-bond acceptors (Lipinski definition) is 7. The Bertz CT molecular complexity index is 503. The molecule has 0 radical (unpaired) electrons. The maximum atomic E-state index is 12.3. The quantitative estimate of drug-likeness (QED) is 0.592. The molecular formula is C9H11F3N4O4S. The standard InChI is InChI=1S/C9H11F3N4O4S/c1-19-4(20-2)3-13-5(17)6(18)14-8-16-15-7(21-8)9(10,11)12/h4H,3H2,1-2H3,(H,13,17)(H,14,16,18). The van der Waals surface area contributed by atoms with E-state index in [1.54, 1.807) is 0 Å². The average molecular weight is 328 g/mol. The minimum atomic E-state index is -4.66. The Morgan fingerprint density at radius 3 is 2.33 bits per heavy atom. The average Bonchev–Trinajstić information content (AvgIpc) is 2.88. The number of anilines is 1. The molecule has 0 aromatic carbocycles. The molecule has 118 valence electrons. The Balaban J connectivity index is 2.53. The van der Waals surface area contributed by atoms with Crippen molar-refractivity contribution in [3.05, 3.63) is 5.01 Å². The van der Waals surface area contributed by atoms with E-state index in [9.17, 15) is 22.8 Å². The predicted octanol–water partition coefficient (Wildman–Crippen LogP) is 0.230. The molecule has 0 aliphatic carbocycles. The largest absolute Gasteiger partial charge is 0.445 e. The first-order valence-electron chi connectivity index (χ1n) is 5.33. The molecule has 0 spiro atoms. The Labute approximate surface area is 120 Å². The van der Waals surface area contributed by atoms with Crippen molar-refractivity contribution >= 4 is 28.3 Å². The van der Waals surface area contributed by atoms with Crippen molar-refractivity contribution < 1.29 is 32.2 Å². The van der Waals surface area contributed by atoms with Gasteiger partial charge in [0.2, 0.25) is 10.1 Å². The van der Waals surface area contributed by atoms with E-state index in [2.05, 4.69) is 15.5 Å². The molecule has 0 bridgehead atoms. The number of aromatic nitrogens is 2. The lowest BCUT2D eigenvalue weighted by Crippen LogP contribution is -2.40. The molecule has 0 fully saturated rings. The molecule has 1 heterocycles. The van der Waals surface area contributed by atoms with E-state index >= 15 is 0 Å². The third-order valence-electron chi connectivity index (χ3n) is 2.05. The van der Waals surface area contributed by atoms with Crippen LogP contribution in [0, 0.1) is 0 Å². The summed E-state index contributed by atoms with van der Waals surface area (Å²) in [7, 11) is 2.67. The van der Waals surface area contributed by atoms with Crippen molar-refractivity contribution in [1.82, 2.24) is 15.5 Å². The van der Waals surface area contributed by atoms with Crippen molar-refractivity contribution in [2.75, 3.05) is 26.1 Å². The molecule has 0 aliphatic heterocycles. The number of hydrogen-bond donors (Lipinski definition) is 2. The second-order valence-electron chi connectivity index (χ2n) is 3.48. The van der Waals surface area contributed by atoms with Gasteiger partial charge in [-0.2, -0.15) is 13.2 Å². The molecule has 2 N–H and O–H groups in total. The number of rotatable bonds is 5. The maximum absolute atomic E-state index is 12.3. The zero-order valence-corrected chi connectivity index (χ0v) is 11.7. The fourth-order valence-electron chi connectivity index (χ4n) is 1.06. The second-order valence-corrected chi connectivity index (χ2v) is 4.45. The zero-order valence-electron chi connectivity index (χ0n) is 10.9. The normalized spacial score (nSPS) is 11.5. The summed E-state index contributed by atoms with van der Waals surface area (Å²) in [4.78, 5) is 22.8. The molecule has 8 nitrogen and oxygen atoms in total. The van der Waals surface area contributed by atoms with Crippen LogP contribution in [0.3, 0.4) is 0 Å². The highest BCUT2D eigenvalue weighted by Gasteiger charge is 2.36. The van der Waals surface area contributed by atoms with Crippen molar-refractivity contribution in [2.24, 2.45) is 0 Å². The molecule has 0 saturated carbocycles. The van der Waals surface area contributed by atoms with Crippen LogP contribution in [0.4, 0.5) is 18.3 Å². The number of nitrogens with zero attached hydrogens (tertiary/aromatic N) is 2. The van der Waals surface area contributed by atoms with Gasteiger partial charge in [0.1, 0.15) is 0 Å². The first kappa shape index (κ1) is 17.3. The number of ether oxygens (including phenoxy) is 2. The van der Waals surface area contributed by atoms with E-state index in [0.717, 1.165) is 0 Å². The number of nitrogens with one attached hydrogen (secondary N) is 2. The van der Waals surface area contributed by atoms with E-state index in [1.165, 1.54) is 14.2 Å². The molecule has 1 rings (SSSR count). The van der Waals surface area contributed by atoms with Crippen LogP contribution in [0.15, 0.2) is 0 Å². The summed E-state index contributed by atoms with van der Waals surface area (Å²) in [5.74, 6) is -2.25. The summed E-state index contributed by atoms with van der Waals surface area (Å²) in [6.07, 6.45) is -5.41. The second kappa shape index (κ2) is 7.28.